The number of nitrogens with zero attached hydrogens (tertiary/aromatic N) is 1. The number of carbonyl (C=O) groups excluding carboxylic acids is 1. The normalized spacial score (nSPS) is 11.7. The van der Waals surface area contributed by atoms with Crippen molar-refractivity contribution in [2.45, 2.75) is 13.0 Å². The van der Waals surface area contributed by atoms with E-state index in [1.54, 1.807) is 6.92 Å². The highest BCUT2D eigenvalue weighted by atomic mass is 35.5. The Labute approximate surface area is 126 Å². The van der Waals surface area contributed by atoms with Gasteiger partial charge in [-0.05, 0) is 24.6 Å². The number of nitro groups is 1. The van der Waals surface area contributed by atoms with Gasteiger partial charge in [0, 0.05) is 6.07 Å². The van der Waals surface area contributed by atoms with Crippen LogP contribution in [0, 0.1) is 10.1 Å². The van der Waals surface area contributed by atoms with Crippen LogP contribution in [0.2, 0.25) is 5.02 Å². The topological polar surface area (TPSA) is 69.4 Å². The first kappa shape index (κ1) is 15.0. The SMILES string of the molecule is C[C@H](OC(=O)c1ccc(Cl)c([N+](=O)[O-])c1)c1ccccc1. The second kappa shape index (κ2) is 6.37. The minimum atomic E-state index is -0.639. The summed E-state index contributed by atoms with van der Waals surface area (Å²) in [7, 11) is 0. The summed E-state index contributed by atoms with van der Waals surface area (Å²) in [4.78, 5) is 22.2. The number of nitro benzene ring substituents is 1. The Bertz CT molecular complexity index is 673. The second-order valence-electron chi connectivity index (χ2n) is 4.38. The number of hydrogen-bond donors (Lipinski definition) is 0. The van der Waals surface area contributed by atoms with Crippen LogP contribution in [0.3, 0.4) is 0 Å². The molecule has 0 amide bonds. The predicted molar refractivity (Wildman–Crippen MR) is 78.4 cm³/mol. The summed E-state index contributed by atoms with van der Waals surface area (Å²) >= 11 is 5.70. The first-order chi connectivity index (χ1) is 9.99. The van der Waals surface area contributed by atoms with Gasteiger partial charge in [-0.1, -0.05) is 41.9 Å². The highest BCUT2D eigenvalue weighted by molar-refractivity contribution is 6.32. The van der Waals surface area contributed by atoms with E-state index in [1.807, 2.05) is 30.3 Å². The molecule has 0 aliphatic heterocycles. The molecule has 2 aromatic carbocycles. The number of hydrogen-bond acceptors (Lipinski definition) is 4. The van der Waals surface area contributed by atoms with Gasteiger partial charge < -0.3 is 4.74 Å². The lowest BCUT2D eigenvalue weighted by molar-refractivity contribution is -0.384. The molecule has 2 aromatic rings. The average molecular weight is 306 g/mol. The Morgan fingerprint density at radius 1 is 1.24 bits per heavy atom. The van der Waals surface area contributed by atoms with E-state index in [-0.39, 0.29) is 16.3 Å². The van der Waals surface area contributed by atoms with Crippen LogP contribution in [-0.2, 0) is 4.74 Å². The van der Waals surface area contributed by atoms with E-state index < -0.39 is 17.0 Å². The molecule has 21 heavy (non-hydrogen) atoms. The molecular formula is C15H12ClNO4. The molecule has 0 saturated heterocycles. The van der Waals surface area contributed by atoms with Crippen molar-refractivity contribution in [3.05, 3.63) is 74.8 Å². The summed E-state index contributed by atoms with van der Waals surface area (Å²) in [6.45, 7) is 1.73. The molecule has 0 aliphatic carbocycles. The van der Waals surface area contributed by atoms with E-state index in [9.17, 15) is 14.9 Å². The largest absolute Gasteiger partial charge is 0.454 e. The van der Waals surface area contributed by atoms with Crippen molar-refractivity contribution in [1.82, 2.24) is 0 Å². The lowest BCUT2D eigenvalue weighted by Gasteiger charge is -2.13. The minimum absolute atomic E-state index is 0.0207. The van der Waals surface area contributed by atoms with Gasteiger partial charge in [0.25, 0.3) is 5.69 Å². The second-order valence-corrected chi connectivity index (χ2v) is 4.79. The third kappa shape index (κ3) is 3.58. The maximum Gasteiger partial charge on any atom is 0.338 e. The van der Waals surface area contributed by atoms with Gasteiger partial charge in [-0.3, -0.25) is 10.1 Å². The van der Waals surface area contributed by atoms with Crippen LogP contribution >= 0.6 is 11.6 Å². The number of rotatable bonds is 4. The third-order valence-corrected chi connectivity index (χ3v) is 3.25. The van der Waals surface area contributed by atoms with E-state index in [4.69, 9.17) is 16.3 Å². The Kier molecular flexibility index (Phi) is 4.55. The minimum Gasteiger partial charge on any atom is -0.454 e. The van der Waals surface area contributed by atoms with Gasteiger partial charge in [-0.25, -0.2) is 4.79 Å². The Balaban J connectivity index is 2.17. The molecule has 2 rings (SSSR count). The zero-order valence-corrected chi connectivity index (χ0v) is 11.9. The summed E-state index contributed by atoms with van der Waals surface area (Å²) in [5, 5.41) is 10.8. The maximum absolute atomic E-state index is 12.0. The third-order valence-electron chi connectivity index (χ3n) is 2.93. The van der Waals surface area contributed by atoms with Gasteiger partial charge >= 0.3 is 5.97 Å². The van der Waals surface area contributed by atoms with Crippen LogP contribution < -0.4 is 0 Å². The molecule has 0 bridgehead atoms. The van der Waals surface area contributed by atoms with Gasteiger partial charge in [0.2, 0.25) is 0 Å². The number of carbonyl (C=O) groups is 1. The number of esters is 1. The van der Waals surface area contributed by atoms with E-state index in [1.165, 1.54) is 12.1 Å². The van der Waals surface area contributed by atoms with Crippen molar-refractivity contribution in [2.24, 2.45) is 0 Å². The lowest BCUT2D eigenvalue weighted by atomic mass is 10.1. The summed E-state index contributed by atoms with van der Waals surface area (Å²) < 4.78 is 5.29. The van der Waals surface area contributed by atoms with Crippen molar-refractivity contribution in [3.63, 3.8) is 0 Å². The van der Waals surface area contributed by atoms with Crippen LogP contribution in [0.4, 0.5) is 5.69 Å². The molecule has 0 aromatic heterocycles. The summed E-state index contributed by atoms with van der Waals surface area (Å²) in [5.74, 6) is -0.633. The van der Waals surface area contributed by atoms with Crippen LogP contribution in [0.15, 0.2) is 48.5 Å². The smallest absolute Gasteiger partial charge is 0.338 e. The van der Waals surface area contributed by atoms with Crippen molar-refractivity contribution >= 4 is 23.3 Å². The molecule has 0 aliphatic rings. The van der Waals surface area contributed by atoms with Crippen LogP contribution in [-0.4, -0.2) is 10.9 Å². The Morgan fingerprint density at radius 3 is 2.52 bits per heavy atom. The monoisotopic (exact) mass is 305 g/mol. The fourth-order valence-corrected chi connectivity index (χ4v) is 1.99. The molecule has 0 saturated carbocycles. The Morgan fingerprint density at radius 2 is 1.90 bits per heavy atom. The van der Waals surface area contributed by atoms with Crippen molar-refractivity contribution in [2.75, 3.05) is 0 Å². The number of halogens is 1. The molecule has 0 heterocycles. The predicted octanol–water partition coefficient (Wildman–Crippen LogP) is 4.17. The average Bonchev–Trinajstić information content (AvgIpc) is 2.48. The molecule has 6 heteroatoms. The van der Waals surface area contributed by atoms with Crippen LogP contribution in [0.25, 0.3) is 0 Å². The zero-order valence-electron chi connectivity index (χ0n) is 11.2. The molecular weight excluding hydrogens is 294 g/mol. The molecule has 0 fully saturated rings. The van der Waals surface area contributed by atoms with Crippen LogP contribution in [0.5, 0.6) is 0 Å². The molecule has 5 nitrogen and oxygen atoms in total. The van der Waals surface area contributed by atoms with Crippen LogP contribution in [0.1, 0.15) is 28.9 Å². The molecule has 0 spiro atoms. The zero-order chi connectivity index (χ0) is 15.4. The first-order valence-corrected chi connectivity index (χ1v) is 6.56. The van der Waals surface area contributed by atoms with Gasteiger partial charge in [-0.2, -0.15) is 0 Å². The summed E-state index contributed by atoms with van der Waals surface area (Å²) in [5.41, 5.74) is 0.613. The van der Waals surface area contributed by atoms with E-state index >= 15 is 0 Å². The fourth-order valence-electron chi connectivity index (χ4n) is 1.80. The van der Waals surface area contributed by atoms with Crippen molar-refractivity contribution < 1.29 is 14.5 Å². The highest BCUT2D eigenvalue weighted by Crippen LogP contribution is 2.26. The van der Waals surface area contributed by atoms with Gasteiger partial charge in [0.15, 0.2) is 0 Å². The van der Waals surface area contributed by atoms with E-state index in [0.717, 1.165) is 11.6 Å². The Hall–Kier alpha value is -2.40. The molecule has 0 N–H and O–H groups in total. The summed E-state index contributed by atoms with van der Waals surface area (Å²) in [6.07, 6.45) is -0.451. The quantitative estimate of drug-likeness (QED) is 0.483. The van der Waals surface area contributed by atoms with E-state index in [0.29, 0.717) is 0 Å². The number of ether oxygens (including phenoxy) is 1. The van der Waals surface area contributed by atoms with Crippen molar-refractivity contribution in [3.8, 4) is 0 Å². The molecule has 108 valence electrons. The summed E-state index contributed by atoms with van der Waals surface area (Å²) in [6, 6.07) is 13.0. The molecule has 0 radical (unpaired) electrons. The standard InChI is InChI=1S/C15H12ClNO4/c1-10(11-5-3-2-4-6-11)21-15(18)12-7-8-13(16)14(9-12)17(19)20/h2-10H,1H3/t10-/m0/s1. The lowest BCUT2D eigenvalue weighted by Crippen LogP contribution is -2.09. The van der Waals surface area contributed by atoms with Gasteiger partial charge in [0.05, 0.1) is 10.5 Å². The van der Waals surface area contributed by atoms with Crippen molar-refractivity contribution in [1.29, 1.82) is 0 Å². The molecule has 0 unspecified atom stereocenters. The molecule has 1 atom stereocenters. The first-order valence-electron chi connectivity index (χ1n) is 6.19. The highest BCUT2D eigenvalue weighted by Gasteiger charge is 2.19. The maximum atomic E-state index is 12.0. The van der Waals surface area contributed by atoms with Gasteiger partial charge in [0.1, 0.15) is 11.1 Å². The fraction of sp³-hybridized carbons (Fsp3) is 0.133. The van der Waals surface area contributed by atoms with E-state index in [2.05, 4.69) is 0 Å². The number of benzene rings is 2. The van der Waals surface area contributed by atoms with Gasteiger partial charge in [-0.15, -0.1) is 0 Å².